The number of hydrogen-bond acceptors (Lipinski definition) is 7. The summed E-state index contributed by atoms with van der Waals surface area (Å²) in [6, 6.07) is 7.78. The first-order valence-electron chi connectivity index (χ1n) is 11.5. The van der Waals surface area contributed by atoms with Crippen molar-refractivity contribution in [2.75, 3.05) is 47.4 Å². The molecule has 1 aromatic carbocycles. The quantitative estimate of drug-likeness (QED) is 0.487. The molecule has 0 radical (unpaired) electrons. The standard InChI is InChI=1S/C26H32N4O4/c1-26(2)13-19(31)24-22(14-26)34-25(28-16-30-10-8-29(3)9-11-30)18(15-27)23(24)17-6-7-20(32-4)21(12-17)33-5/h6-7,12,16,23H,8-11,13-14H2,1-5H3. The largest absolute Gasteiger partial charge is 0.493 e. The third kappa shape index (κ3) is 4.66. The van der Waals surface area contributed by atoms with Crippen LogP contribution in [0.3, 0.4) is 0 Å². The molecule has 1 aliphatic carbocycles. The molecule has 34 heavy (non-hydrogen) atoms. The van der Waals surface area contributed by atoms with Crippen molar-refractivity contribution in [1.29, 1.82) is 5.26 Å². The van der Waals surface area contributed by atoms with E-state index < -0.39 is 5.92 Å². The predicted molar refractivity (Wildman–Crippen MR) is 129 cm³/mol. The van der Waals surface area contributed by atoms with Crippen LogP contribution in [0.1, 0.15) is 38.2 Å². The number of allylic oxidation sites excluding steroid dienone is 3. The summed E-state index contributed by atoms with van der Waals surface area (Å²) in [6.45, 7) is 7.72. The van der Waals surface area contributed by atoms with Crippen LogP contribution in [0.4, 0.5) is 0 Å². The summed E-state index contributed by atoms with van der Waals surface area (Å²) >= 11 is 0. The highest BCUT2D eigenvalue weighted by Gasteiger charge is 2.43. The molecule has 0 N–H and O–H groups in total. The van der Waals surface area contributed by atoms with Gasteiger partial charge in [-0.25, -0.2) is 4.99 Å². The van der Waals surface area contributed by atoms with Gasteiger partial charge in [0, 0.05) is 44.6 Å². The predicted octanol–water partition coefficient (Wildman–Crippen LogP) is 3.47. The lowest BCUT2D eigenvalue weighted by atomic mass is 9.70. The molecule has 1 fully saturated rings. The molecule has 0 aromatic heterocycles. The lowest BCUT2D eigenvalue weighted by Gasteiger charge is -2.37. The van der Waals surface area contributed by atoms with Gasteiger partial charge in [-0.2, -0.15) is 5.26 Å². The summed E-state index contributed by atoms with van der Waals surface area (Å²) in [5.41, 5.74) is 1.41. The summed E-state index contributed by atoms with van der Waals surface area (Å²) in [7, 11) is 5.24. The first-order valence-corrected chi connectivity index (χ1v) is 11.5. The Kier molecular flexibility index (Phi) is 6.67. The van der Waals surface area contributed by atoms with E-state index in [9.17, 15) is 10.1 Å². The van der Waals surface area contributed by atoms with E-state index in [0.717, 1.165) is 31.7 Å². The average molecular weight is 465 g/mol. The molecular weight excluding hydrogens is 432 g/mol. The van der Waals surface area contributed by atoms with E-state index in [-0.39, 0.29) is 17.1 Å². The zero-order valence-corrected chi connectivity index (χ0v) is 20.6. The van der Waals surface area contributed by atoms with Crippen molar-refractivity contribution >= 4 is 12.1 Å². The molecule has 4 rings (SSSR count). The summed E-state index contributed by atoms with van der Waals surface area (Å²) in [5.74, 6) is 1.41. The van der Waals surface area contributed by atoms with E-state index in [0.29, 0.717) is 41.2 Å². The molecule has 1 aromatic rings. The number of benzene rings is 1. The number of nitrogens with zero attached hydrogens (tertiary/aromatic N) is 4. The fourth-order valence-electron chi connectivity index (χ4n) is 4.78. The highest BCUT2D eigenvalue weighted by Crippen LogP contribution is 2.49. The van der Waals surface area contributed by atoms with Gasteiger partial charge in [-0.3, -0.25) is 4.79 Å². The van der Waals surface area contributed by atoms with E-state index in [1.165, 1.54) is 0 Å². The van der Waals surface area contributed by atoms with E-state index in [2.05, 4.69) is 41.8 Å². The Balaban J connectivity index is 1.80. The summed E-state index contributed by atoms with van der Waals surface area (Å²) in [5, 5.41) is 10.2. The number of rotatable bonds is 5. The van der Waals surface area contributed by atoms with Crippen molar-refractivity contribution in [3.63, 3.8) is 0 Å². The molecule has 3 aliphatic rings. The second-order valence-corrected chi connectivity index (χ2v) is 9.84. The number of nitriles is 1. The Morgan fingerprint density at radius 1 is 1.15 bits per heavy atom. The lowest BCUT2D eigenvalue weighted by Crippen LogP contribution is -2.43. The fraction of sp³-hybridized carbons (Fsp3) is 0.500. The van der Waals surface area contributed by atoms with Gasteiger partial charge in [0.2, 0.25) is 5.88 Å². The van der Waals surface area contributed by atoms with Crippen LogP contribution in [-0.2, 0) is 9.53 Å². The van der Waals surface area contributed by atoms with Crippen molar-refractivity contribution in [2.24, 2.45) is 10.4 Å². The number of hydrogen-bond donors (Lipinski definition) is 0. The fourth-order valence-corrected chi connectivity index (χ4v) is 4.78. The Morgan fingerprint density at radius 3 is 2.50 bits per heavy atom. The van der Waals surface area contributed by atoms with Gasteiger partial charge in [0.15, 0.2) is 17.3 Å². The Hall–Kier alpha value is -3.31. The van der Waals surface area contributed by atoms with Gasteiger partial charge in [-0.1, -0.05) is 19.9 Å². The average Bonchev–Trinajstić information content (AvgIpc) is 2.81. The van der Waals surface area contributed by atoms with Crippen LogP contribution in [-0.4, -0.2) is 69.4 Å². The van der Waals surface area contributed by atoms with Gasteiger partial charge in [-0.05, 0) is 30.2 Å². The molecule has 8 nitrogen and oxygen atoms in total. The van der Waals surface area contributed by atoms with Crippen molar-refractivity contribution in [3.05, 3.63) is 46.6 Å². The van der Waals surface area contributed by atoms with Crippen LogP contribution in [0.5, 0.6) is 11.5 Å². The number of likely N-dealkylation sites (N-methyl/N-ethyl adjacent to an activating group) is 1. The molecule has 1 unspecified atom stereocenters. The molecule has 2 aliphatic heterocycles. The van der Waals surface area contributed by atoms with Gasteiger partial charge >= 0.3 is 0 Å². The molecule has 0 amide bonds. The Labute approximate surface area is 201 Å². The molecule has 1 atom stereocenters. The number of ether oxygens (including phenoxy) is 3. The van der Waals surface area contributed by atoms with Gasteiger partial charge in [0.05, 0.1) is 26.5 Å². The third-order valence-corrected chi connectivity index (χ3v) is 6.64. The molecule has 0 saturated carbocycles. The van der Waals surface area contributed by atoms with Crippen LogP contribution in [0.2, 0.25) is 0 Å². The summed E-state index contributed by atoms with van der Waals surface area (Å²) in [6.07, 6.45) is 2.76. The zero-order chi connectivity index (χ0) is 24.5. The molecule has 180 valence electrons. The maximum absolute atomic E-state index is 13.3. The molecule has 8 heteroatoms. The van der Waals surface area contributed by atoms with Crippen LogP contribution < -0.4 is 9.47 Å². The van der Waals surface area contributed by atoms with E-state index in [1.807, 2.05) is 12.1 Å². The monoisotopic (exact) mass is 464 g/mol. The van der Waals surface area contributed by atoms with Crippen molar-refractivity contribution in [1.82, 2.24) is 9.80 Å². The minimum atomic E-state index is -0.572. The maximum Gasteiger partial charge on any atom is 0.235 e. The Bertz CT molecular complexity index is 1100. The molecule has 1 saturated heterocycles. The molecule has 0 bridgehead atoms. The highest BCUT2D eigenvalue weighted by molar-refractivity contribution is 6.00. The number of ketones is 1. The van der Waals surface area contributed by atoms with Crippen LogP contribution in [0.25, 0.3) is 0 Å². The van der Waals surface area contributed by atoms with Gasteiger partial charge in [-0.15, -0.1) is 0 Å². The van der Waals surface area contributed by atoms with E-state index in [1.54, 1.807) is 26.6 Å². The first-order chi connectivity index (χ1) is 16.3. The van der Waals surface area contributed by atoms with E-state index in [4.69, 9.17) is 14.2 Å². The minimum absolute atomic E-state index is 0.000817. The van der Waals surface area contributed by atoms with Gasteiger partial charge in [0.1, 0.15) is 17.4 Å². The number of carbonyl (C=O) groups is 1. The lowest BCUT2D eigenvalue weighted by molar-refractivity contribution is -0.119. The van der Waals surface area contributed by atoms with Crippen LogP contribution in [0, 0.1) is 16.7 Å². The normalized spacial score (nSPS) is 23.0. The second-order valence-electron chi connectivity index (χ2n) is 9.84. The van der Waals surface area contributed by atoms with Gasteiger partial charge < -0.3 is 24.0 Å². The molecule has 2 heterocycles. The smallest absolute Gasteiger partial charge is 0.235 e. The third-order valence-electron chi connectivity index (χ3n) is 6.64. The minimum Gasteiger partial charge on any atom is -0.493 e. The summed E-state index contributed by atoms with van der Waals surface area (Å²) in [4.78, 5) is 22.3. The SMILES string of the molecule is COc1ccc(C2C(C#N)=C(N=CN3CCN(C)CC3)OC3=C2C(=O)CC(C)(C)C3)cc1OC. The molecule has 0 spiro atoms. The number of carbonyl (C=O) groups excluding carboxylic acids is 1. The van der Waals surface area contributed by atoms with Crippen LogP contribution in [0.15, 0.2) is 46.0 Å². The first kappa shape index (κ1) is 23.8. The van der Waals surface area contributed by atoms with Crippen LogP contribution >= 0.6 is 0 Å². The maximum atomic E-state index is 13.3. The number of Topliss-reactive ketones (excluding diaryl/α,β-unsaturated/α-hetero) is 1. The van der Waals surface area contributed by atoms with Gasteiger partial charge in [0.25, 0.3) is 0 Å². The van der Waals surface area contributed by atoms with Crippen molar-refractivity contribution in [3.8, 4) is 17.6 Å². The van der Waals surface area contributed by atoms with Crippen molar-refractivity contribution < 1.29 is 19.0 Å². The second kappa shape index (κ2) is 9.51. The number of aliphatic imine (C=N–C) groups is 1. The topological polar surface area (TPSA) is 87.4 Å². The highest BCUT2D eigenvalue weighted by atomic mass is 16.5. The summed E-state index contributed by atoms with van der Waals surface area (Å²) < 4.78 is 17.1. The van der Waals surface area contributed by atoms with E-state index >= 15 is 0 Å². The Morgan fingerprint density at radius 2 is 1.85 bits per heavy atom. The molecular formula is C26H32N4O4. The number of methoxy groups -OCH3 is 2. The number of piperazine rings is 1. The van der Waals surface area contributed by atoms with Crippen molar-refractivity contribution in [2.45, 2.75) is 32.6 Å². The zero-order valence-electron chi connectivity index (χ0n) is 20.6.